The van der Waals surface area contributed by atoms with Gasteiger partial charge in [-0.15, -0.1) is 0 Å². The Balaban J connectivity index is 1.31. The van der Waals surface area contributed by atoms with Gasteiger partial charge >= 0.3 is 11.9 Å². The summed E-state index contributed by atoms with van der Waals surface area (Å²) in [5.41, 5.74) is 2.69. The highest BCUT2D eigenvalue weighted by Crippen LogP contribution is 2.23. The summed E-state index contributed by atoms with van der Waals surface area (Å²) in [5.74, 6) is -0.519. The fourth-order valence-electron chi connectivity index (χ4n) is 3.51. The van der Waals surface area contributed by atoms with Gasteiger partial charge in [-0.25, -0.2) is 9.59 Å². The Bertz CT molecular complexity index is 1360. The molecule has 4 aromatic carbocycles. The zero-order valence-corrected chi connectivity index (χ0v) is 21.1. The molecule has 4 rings (SSSR count). The Morgan fingerprint density at radius 1 is 0.462 bits per heavy atom. The average molecular weight is 525 g/mol. The minimum Gasteiger partial charge on any atom is -0.465 e. The molecule has 0 radical (unpaired) electrons. The van der Waals surface area contributed by atoms with Crippen LogP contribution in [0.15, 0.2) is 97.1 Å². The number of carbonyl (C=O) groups excluding carboxylic acids is 4. The van der Waals surface area contributed by atoms with Crippen molar-refractivity contribution in [1.82, 2.24) is 0 Å². The van der Waals surface area contributed by atoms with Crippen LogP contribution in [0, 0.1) is 0 Å². The van der Waals surface area contributed by atoms with Gasteiger partial charge in [0.15, 0.2) is 0 Å². The lowest BCUT2D eigenvalue weighted by Crippen LogP contribution is -2.12. The van der Waals surface area contributed by atoms with Crippen LogP contribution in [-0.4, -0.2) is 38.0 Å². The summed E-state index contributed by atoms with van der Waals surface area (Å²) in [5, 5.41) is 5.53. The van der Waals surface area contributed by atoms with E-state index in [2.05, 4.69) is 20.1 Å². The van der Waals surface area contributed by atoms with Crippen molar-refractivity contribution in [3.05, 3.63) is 119 Å². The first-order valence-corrected chi connectivity index (χ1v) is 11.7. The van der Waals surface area contributed by atoms with Crippen LogP contribution in [0.2, 0.25) is 0 Å². The molecule has 0 saturated heterocycles. The summed E-state index contributed by atoms with van der Waals surface area (Å²) in [6.45, 7) is 0. The van der Waals surface area contributed by atoms with Crippen LogP contribution in [0.1, 0.15) is 41.4 Å². The minimum absolute atomic E-state index is 0.317. The highest BCUT2D eigenvalue weighted by atomic mass is 16.5. The SMILES string of the molecule is COC(=O)c1ccc(NC(=O)c2ccc(Oc3ccc(C(=O)Nc4ccc(C(=O)OC)cc4)cc3)cc2)cc1. The van der Waals surface area contributed by atoms with Crippen molar-refractivity contribution in [2.45, 2.75) is 0 Å². The van der Waals surface area contributed by atoms with E-state index >= 15 is 0 Å². The van der Waals surface area contributed by atoms with Gasteiger partial charge in [-0.3, -0.25) is 9.59 Å². The summed E-state index contributed by atoms with van der Waals surface area (Å²) in [6, 6.07) is 25.9. The number of nitrogens with one attached hydrogen (secondary N) is 2. The van der Waals surface area contributed by atoms with Gasteiger partial charge in [0.05, 0.1) is 25.3 Å². The Kier molecular flexibility index (Phi) is 8.33. The van der Waals surface area contributed by atoms with E-state index in [0.29, 0.717) is 45.1 Å². The van der Waals surface area contributed by atoms with Gasteiger partial charge in [0.2, 0.25) is 0 Å². The average Bonchev–Trinajstić information content (AvgIpc) is 2.97. The molecule has 2 amide bonds. The number of hydrogen-bond acceptors (Lipinski definition) is 7. The first-order valence-electron chi connectivity index (χ1n) is 11.7. The van der Waals surface area contributed by atoms with Crippen molar-refractivity contribution in [1.29, 1.82) is 0 Å². The lowest BCUT2D eigenvalue weighted by molar-refractivity contribution is 0.0592. The Morgan fingerprint density at radius 3 is 1.08 bits per heavy atom. The molecule has 0 spiro atoms. The Labute approximate surface area is 224 Å². The first-order chi connectivity index (χ1) is 18.9. The number of ether oxygens (including phenoxy) is 3. The van der Waals surface area contributed by atoms with Crippen LogP contribution < -0.4 is 15.4 Å². The molecule has 0 aromatic heterocycles. The summed E-state index contributed by atoms with van der Waals surface area (Å²) >= 11 is 0. The molecule has 0 unspecified atom stereocenters. The minimum atomic E-state index is -0.453. The van der Waals surface area contributed by atoms with Gasteiger partial charge in [-0.1, -0.05) is 0 Å². The largest absolute Gasteiger partial charge is 0.465 e. The van der Waals surface area contributed by atoms with E-state index in [0.717, 1.165) is 0 Å². The molecular formula is C30H24N2O7. The topological polar surface area (TPSA) is 120 Å². The van der Waals surface area contributed by atoms with Crippen molar-refractivity contribution < 1.29 is 33.4 Å². The maximum absolute atomic E-state index is 12.5. The molecule has 0 fully saturated rings. The fourth-order valence-corrected chi connectivity index (χ4v) is 3.51. The maximum atomic E-state index is 12.5. The number of benzene rings is 4. The molecule has 0 saturated carbocycles. The highest BCUT2D eigenvalue weighted by molar-refractivity contribution is 6.05. The second kappa shape index (κ2) is 12.2. The van der Waals surface area contributed by atoms with Crippen LogP contribution >= 0.6 is 0 Å². The number of rotatable bonds is 8. The van der Waals surface area contributed by atoms with Crippen molar-refractivity contribution >= 4 is 35.1 Å². The van der Waals surface area contributed by atoms with Gasteiger partial charge in [0.1, 0.15) is 11.5 Å². The molecular weight excluding hydrogens is 500 g/mol. The monoisotopic (exact) mass is 524 g/mol. The highest BCUT2D eigenvalue weighted by Gasteiger charge is 2.11. The van der Waals surface area contributed by atoms with E-state index in [1.54, 1.807) is 97.1 Å². The first kappa shape index (κ1) is 26.6. The zero-order chi connectivity index (χ0) is 27.8. The quantitative estimate of drug-likeness (QED) is 0.290. The smallest absolute Gasteiger partial charge is 0.337 e. The third-order valence-electron chi connectivity index (χ3n) is 5.60. The van der Waals surface area contributed by atoms with Crippen molar-refractivity contribution in [2.75, 3.05) is 24.9 Å². The van der Waals surface area contributed by atoms with E-state index < -0.39 is 11.9 Å². The van der Waals surface area contributed by atoms with Crippen LogP contribution in [0.25, 0.3) is 0 Å². The van der Waals surface area contributed by atoms with E-state index in [1.165, 1.54) is 14.2 Å². The third-order valence-corrected chi connectivity index (χ3v) is 5.60. The lowest BCUT2D eigenvalue weighted by Gasteiger charge is -2.09. The van der Waals surface area contributed by atoms with Crippen LogP contribution in [0.4, 0.5) is 11.4 Å². The van der Waals surface area contributed by atoms with Gasteiger partial charge in [0.25, 0.3) is 11.8 Å². The molecule has 0 atom stereocenters. The van der Waals surface area contributed by atoms with E-state index in [4.69, 9.17) is 4.74 Å². The molecule has 0 aliphatic rings. The molecule has 4 aromatic rings. The second-order valence-electron chi connectivity index (χ2n) is 8.20. The van der Waals surface area contributed by atoms with Crippen LogP contribution in [0.3, 0.4) is 0 Å². The molecule has 39 heavy (non-hydrogen) atoms. The van der Waals surface area contributed by atoms with Crippen molar-refractivity contribution in [2.24, 2.45) is 0 Å². The number of amides is 2. The Morgan fingerprint density at radius 2 is 0.769 bits per heavy atom. The van der Waals surface area contributed by atoms with E-state index in [1.807, 2.05) is 0 Å². The zero-order valence-electron chi connectivity index (χ0n) is 21.1. The summed E-state index contributed by atoms with van der Waals surface area (Å²) in [7, 11) is 2.61. The summed E-state index contributed by atoms with van der Waals surface area (Å²) in [4.78, 5) is 48.2. The predicted octanol–water partition coefficient (Wildman–Crippen LogP) is 5.56. The maximum Gasteiger partial charge on any atom is 0.337 e. The number of esters is 2. The van der Waals surface area contributed by atoms with Gasteiger partial charge < -0.3 is 24.8 Å². The molecule has 0 bridgehead atoms. The Hall–Kier alpha value is -5.44. The normalized spacial score (nSPS) is 10.2. The van der Waals surface area contributed by atoms with Crippen LogP contribution in [-0.2, 0) is 9.47 Å². The number of carbonyl (C=O) groups is 4. The third kappa shape index (κ3) is 6.86. The van der Waals surface area contributed by atoms with Crippen LogP contribution in [0.5, 0.6) is 11.5 Å². The molecule has 0 aliphatic heterocycles. The second-order valence-corrected chi connectivity index (χ2v) is 8.20. The van der Waals surface area contributed by atoms with Gasteiger partial charge in [0, 0.05) is 22.5 Å². The molecule has 9 nitrogen and oxygen atoms in total. The summed E-state index contributed by atoms with van der Waals surface area (Å²) in [6.07, 6.45) is 0. The van der Waals surface area contributed by atoms with Gasteiger partial charge in [-0.05, 0) is 97.1 Å². The summed E-state index contributed by atoms with van der Waals surface area (Å²) < 4.78 is 15.2. The standard InChI is InChI=1S/C30H24N2O7/c1-37-29(35)21-3-11-23(12-4-21)31-27(33)19-7-15-25(16-8-19)39-26-17-9-20(10-18-26)28(34)32-24-13-5-22(6-14-24)30(36)38-2/h3-18H,1-2H3,(H,31,33)(H,32,34). The number of anilines is 2. The van der Waals surface area contributed by atoms with Gasteiger partial charge in [-0.2, -0.15) is 0 Å². The molecule has 0 aliphatic carbocycles. The molecule has 9 heteroatoms. The van der Waals surface area contributed by atoms with E-state index in [9.17, 15) is 19.2 Å². The predicted molar refractivity (Wildman–Crippen MR) is 144 cm³/mol. The fraction of sp³-hybridized carbons (Fsp3) is 0.0667. The molecule has 2 N–H and O–H groups in total. The number of hydrogen-bond donors (Lipinski definition) is 2. The molecule has 0 heterocycles. The van der Waals surface area contributed by atoms with E-state index in [-0.39, 0.29) is 11.8 Å². The number of methoxy groups -OCH3 is 2. The lowest BCUT2D eigenvalue weighted by atomic mass is 10.1. The molecule has 196 valence electrons. The van der Waals surface area contributed by atoms with Crippen molar-refractivity contribution in [3.63, 3.8) is 0 Å². The van der Waals surface area contributed by atoms with Crippen molar-refractivity contribution in [3.8, 4) is 11.5 Å².